The molecule has 8 nitrogen and oxygen atoms in total. The third-order valence-corrected chi connectivity index (χ3v) is 5.12. The van der Waals surface area contributed by atoms with Crippen molar-refractivity contribution in [3.05, 3.63) is 66.1 Å². The normalized spacial score (nSPS) is 14.4. The molecule has 1 aliphatic rings. The number of halogens is 3. The third-order valence-electron chi connectivity index (χ3n) is 4.73. The van der Waals surface area contributed by atoms with Gasteiger partial charge in [-0.3, -0.25) is 0 Å². The number of rotatable bonds is 7. The maximum absolute atomic E-state index is 14.6. The second kappa shape index (κ2) is 9.09. The molecular weight excluding hydrogens is 451 g/mol. The Balaban J connectivity index is 1.44. The summed E-state index contributed by atoms with van der Waals surface area (Å²) in [5.41, 5.74) is -0.0152. The molecule has 2 heterocycles. The Morgan fingerprint density at radius 1 is 1.03 bits per heavy atom. The van der Waals surface area contributed by atoms with Crippen LogP contribution in [0.25, 0.3) is 5.69 Å². The lowest BCUT2D eigenvalue weighted by molar-refractivity contribution is 0.122. The fourth-order valence-corrected chi connectivity index (χ4v) is 3.49. The maximum atomic E-state index is 14.6. The minimum Gasteiger partial charge on any atom is -0.489 e. The number of hydrogen-bond acceptors (Lipinski definition) is 7. The number of aromatic nitrogens is 2. The van der Waals surface area contributed by atoms with Crippen LogP contribution in [0.1, 0.15) is 5.56 Å². The number of morpholine rings is 1. The molecular formula is C20H18F3N3O5S. The lowest BCUT2D eigenvalue weighted by atomic mass is 10.2. The highest BCUT2D eigenvalue weighted by Gasteiger charge is 2.17. The molecule has 32 heavy (non-hydrogen) atoms. The summed E-state index contributed by atoms with van der Waals surface area (Å²) in [6.45, 7) is 2.15. The lowest BCUT2D eigenvalue weighted by Gasteiger charge is -2.26. The smallest absolute Gasteiger partial charge is 0.488 e. The summed E-state index contributed by atoms with van der Waals surface area (Å²) in [4.78, 5) is 6.32. The molecule has 0 bridgehead atoms. The van der Waals surface area contributed by atoms with Gasteiger partial charge in [0, 0.05) is 13.1 Å². The van der Waals surface area contributed by atoms with Crippen LogP contribution in [0.4, 0.5) is 18.5 Å². The molecule has 1 saturated heterocycles. The van der Waals surface area contributed by atoms with Crippen molar-refractivity contribution < 1.29 is 34.7 Å². The Kier molecular flexibility index (Phi) is 6.24. The monoisotopic (exact) mass is 469 g/mol. The van der Waals surface area contributed by atoms with Crippen LogP contribution in [-0.4, -0.2) is 44.3 Å². The summed E-state index contributed by atoms with van der Waals surface area (Å²) < 4.78 is 78.9. The predicted octanol–water partition coefficient (Wildman–Crippen LogP) is 3.16. The summed E-state index contributed by atoms with van der Waals surface area (Å²) in [6.07, 6.45) is 3.17. The summed E-state index contributed by atoms with van der Waals surface area (Å²) in [5, 5.41) is 0. The van der Waals surface area contributed by atoms with E-state index in [-0.39, 0.29) is 22.7 Å². The van der Waals surface area contributed by atoms with Crippen LogP contribution in [-0.2, 0) is 21.8 Å². The molecule has 0 unspecified atom stereocenters. The summed E-state index contributed by atoms with van der Waals surface area (Å²) >= 11 is 0. The SMILES string of the molecule is O=S(=O)(F)Oc1ccc(OCc2c(F)cc(-n3cnc(N4CCOCC4)c3)cc2F)cc1. The van der Waals surface area contributed by atoms with E-state index < -0.39 is 28.7 Å². The largest absolute Gasteiger partial charge is 0.489 e. The first-order valence-corrected chi connectivity index (χ1v) is 10.8. The van der Waals surface area contributed by atoms with E-state index in [9.17, 15) is 21.1 Å². The van der Waals surface area contributed by atoms with Gasteiger partial charge in [0.05, 0.1) is 30.7 Å². The highest BCUT2D eigenvalue weighted by molar-refractivity contribution is 7.81. The van der Waals surface area contributed by atoms with Crippen molar-refractivity contribution in [3.8, 4) is 17.2 Å². The zero-order chi connectivity index (χ0) is 22.7. The van der Waals surface area contributed by atoms with Crippen LogP contribution in [0.3, 0.4) is 0 Å². The van der Waals surface area contributed by atoms with Crippen LogP contribution in [0.2, 0.25) is 0 Å². The highest BCUT2D eigenvalue weighted by Crippen LogP contribution is 2.24. The van der Waals surface area contributed by atoms with Crippen LogP contribution in [0.15, 0.2) is 48.9 Å². The minimum atomic E-state index is -5.14. The summed E-state index contributed by atoms with van der Waals surface area (Å²) in [5.74, 6) is -0.996. The van der Waals surface area contributed by atoms with E-state index in [0.717, 1.165) is 12.1 Å². The van der Waals surface area contributed by atoms with Gasteiger partial charge in [0.25, 0.3) is 0 Å². The average Bonchev–Trinajstić information content (AvgIpc) is 3.24. The quantitative estimate of drug-likeness (QED) is 0.492. The number of nitrogens with zero attached hydrogens (tertiary/aromatic N) is 3. The van der Waals surface area contributed by atoms with Crippen molar-refractivity contribution in [1.82, 2.24) is 9.55 Å². The molecule has 4 rings (SSSR count). The van der Waals surface area contributed by atoms with Gasteiger partial charge in [-0.15, -0.1) is 0 Å². The lowest BCUT2D eigenvalue weighted by Crippen LogP contribution is -2.36. The summed E-state index contributed by atoms with van der Waals surface area (Å²) in [6, 6.07) is 7.21. The van der Waals surface area contributed by atoms with E-state index in [1.807, 2.05) is 4.90 Å². The van der Waals surface area contributed by atoms with E-state index >= 15 is 0 Å². The fraction of sp³-hybridized carbons (Fsp3) is 0.250. The second-order valence-electron chi connectivity index (χ2n) is 6.86. The Morgan fingerprint density at radius 2 is 1.66 bits per heavy atom. The predicted molar refractivity (Wildman–Crippen MR) is 108 cm³/mol. The molecule has 12 heteroatoms. The molecule has 3 aromatic rings. The number of anilines is 1. The topological polar surface area (TPSA) is 82.9 Å². The Morgan fingerprint density at radius 3 is 2.28 bits per heavy atom. The van der Waals surface area contributed by atoms with Crippen molar-refractivity contribution in [3.63, 3.8) is 0 Å². The molecule has 0 spiro atoms. The first-order valence-electron chi connectivity index (χ1n) is 9.50. The van der Waals surface area contributed by atoms with Crippen molar-refractivity contribution in [2.24, 2.45) is 0 Å². The molecule has 0 amide bonds. The molecule has 1 aliphatic heterocycles. The molecule has 0 atom stereocenters. The van der Waals surface area contributed by atoms with Crippen LogP contribution < -0.4 is 13.8 Å². The molecule has 0 N–H and O–H groups in total. The van der Waals surface area contributed by atoms with Gasteiger partial charge in [0.15, 0.2) is 0 Å². The molecule has 0 saturated carbocycles. The van der Waals surface area contributed by atoms with E-state index in [4.69, 9.17) is 9.47 Å². The van der Waals surface area contributed by atoms with Crippen molar-refractivity contribution in [2.45, 2.75) is 6.61 Å². The molecule has 2 aromatic carbocycles. The maximum Gasteiger partial charge on any atom is 0.488 e. The molecule has 1 fully saturated rings. The highest BCUT2D eigenvalue weighted by atomic mass is 32.3. The minimum absolute atomic E-state index is 0.182. The van der Waals surface area contributed by atoms with Gasteiger partial charge >= 0.3 is 10.5 Å². The molecule has 170 valence electrons. The number of benzene rings is 2. The third kappa shape index (κ3) is 5.32. The average molecular weight is 469 g/mol. The number of imidazole rings is 1. The van der Waals surface area contributed by atoms with E-state index in [2.05, 4.69) is 9.17 Å². The van der Waals surface area contributed by atoms with E-state index in [1.54, 1.807) is 6.20 Å². The van der Waals surface area contributed by atoms with E-state index in [0.29, 0.717) is 32.1 Å². The Bertz CT molecular complexity index is 1170. The molecule has 0 aliphatic carbocycles. The Labute approximate surface area is 182 Å². The second-order valence-corrected chi connectivity index (χ2v) is 7.82. The van der Waals surface area contributed by atoms with Gasteiger partial charge in [-0.1, -0.05) is 3.89 Å². The zero-order valence-electron chi connectivity index (χ0n) is 16.6. The van der Waals surface area contributed by atoms with Crippen LogP contribution >= 0.6 is 0 Å². The van der Waals surface area contributed by atoms with Crippen molar-refractivity contribution in [2.75, 3.05) is 31.2 Å². The van der Waals surface area contributed by atoms with Gasteiger partial charge in [-0.05, 0) is 36.4 Å². The van der Waals surface area contributed by atoms with Gasteiger partial charge in [-0.25, -0.2) is 13.8 Å². The van der Waals surface area contributed by atoms with Crippen molar-refractivity contribution >= 4 is 16.3 Å². The van der Waals surface area contributed by atoms with Gasteiger partial charge < -0.3 is 23.1 Å². The van der Waals surface area contributed by atoms with Gasteiger partial charge in [0.2, 0.25) is 0 Å². The first kappa shape index (κ1) is 22.0. The van der Waals surface area contributed by atoms with Crippen LogP contribution in [0.5, 0.6) is 11.5 Å². The Hall–Kier alpha value is -3.25. The fourth-order valence-electron chi connectivity index (χ4n) is 3.15. The van der Waals surface area contributed by atoms with Gasteiger partial charge in [0.1, 0.15) is 41.9 Å². The first-order chi connectivity index (χ1) is 15.3. The standard InChI is InChI=1S/C20H18F3N3O5S/c21-18-9-14(26-11-20(24-13-26)25-5-7-29-8-6-25)10-19(22)17(18)12-30-15-1-3-16(4-2-15)31-32(23,27)28/h1-4,9-11,13H,5-8,12H2. The number of hydrogen-bond donors (Lipinski definition) is 0. The zero-order valence-corrected chi connectivity index (χ0v) is 17.4. The number of ether oxygens (including phenoxy) is 2. The van der Waals surface area contributed by atoms with Gasteiger partial charge in [-0.2, -0.15) is 8.42 Å². The molecule has 1 aromatic heterocycles. The van der Waals surface area contributed by atoms with Crippen LogP contribution in [0, 0.1) is 11.6 Å². The van der Waals surface area contributed by atoms with Crippen molar-refractivity contribution in [1.29, 1.82) is 0 Å². The molecule has 0 radical (unpaired) electrons. The summed E-state index contributed by atoms with van der Waals surface area (Å²) in [7, 11) is -5.14. The van der Waals surface area contributed by atoms with E-state index in [1.165, 1.54) is 35.2 Å².